The van der Waals surface area contributed by atoms with Gasteiger partial charge in [0.15, 0.2) is 0 Å². The Bertz CT molecular complexity index is 729. The van der Waals surface area contributed by atoms with Gasteiger partial charge in [-0.2, -0.15) is 12.6 Å². The smallest absolute Gasteiger partial charge is 0.327 e. The predicted octanol–water partition coefficient (Wildman–Crippen LogP) is -2.10. The number of amides is 3. The first-order valence-corrected chi connectivity index (χ1v) is 10.5. The number of aromatic amines is 1. The van der Waals surface area contributed by atoms with Crippen molar-refractivity contribution in [1.29, 1.82) is 0 Å². The van der Waals surface area contributed by atoms with Gasteiger partial charge in [-0.25, -0.2) is 9.78 Å². The number of hydrogen-bond donors (Lipinski definition) is 8. The number of hydrogen-bond acceptors (Lipinski definition) is 8. The number of carbonyl (C=O) groups is 4. The van der Waals surface area contributed by atoms with Gasteiger partial charge in [0.25, 0.3) is 0 Å². The quantitative estimate of drug-likeness (QED) is 0.114. The number of carbonyl (C=O) groups excluding carboxylic acids is 3. The van der Waals surface area contributed by atoms with Crippen LogP contribution < -0.4 is 27.4 Å². The van der Waals surface area contributed by atoms with Gasteiger partial charge in [-0.1, -0.05) is 0 Å². The van der Waals surface area contributed by atoms with E-state index in [1.807, 2.05) is 0 Å². The Morgan fingerprint density at radius 3 is 2.23 bits per heavy atom. The van der Waals surface area contributed by atoms with Crippen LogP contribution in [0, 0.1) is 0 Å². The molecule has 4 atom stereocenters. The number of imidazole rings is 1. The maximum Gasteiger partial charge on any atom is 0.327 e. The average molecular weight is 458 g/mol. The first-order valence-electron chi connectivity index (χ1n) is 9.87. The summed E-state index contributed by atoms with van der Waals surface area (Å²) in [5.74, 6) is -3.19. The normalized spacial score (nSPS) is 14.7. The minimum absolute atomic E-state index is 0.0350. The van der Waals surface area contributed by atoms with Gasteiger partial charge < -0.3 is 37.5 Å². The number of thiol groups is 1. The second-order valence-electron chi connectivity index (χ2n) is 7.06. The molecule has 0 aliphatic heterocycles. The van der Waals surface area contributed by atoms with Crippen LogP contribution in [0.3, 0.4) is 0 Å². The van der Waals surface area contributed by atoms with Crippen LogP contribution >= 0.6 is 12.6 Å². The van der Waals surface area contributed by atoms with Crippen molar-refractivity contribution in [2.24, 2.45) is 11.5 Å². The van der Waals surface area contributed by atoms with E-state index in [1.165, 1.54) is 19.4 Å². The first-order chi connectivity index (χ1) is 14.7. The SMILES string of the molecule is CC(N)C(=O)NC(CCCCN)C(=O)NC(Cc1cnc[nH]1)C(=O)NC(CS)C(=O)O. The number of nitrogens with one attached hydrogen (secondary N) is 4. The predicted molar refractivity (Wildman–Crippen MR) is 116 cm³/mol. The van der Waals surface area contributed by atoms with Gasteiger partial charge in [0, 0.05) is 24.1 Å². The van der Waals surface area contributed by atoms with Crippen LogP contribution in [0.5, 0.6) is 0 Å². The van der Waals surface area contributed by atoms with E-state index in [4.69, 9.17) is 16.6 Å². The third kappa shape index (κ3) is 9.36. The van der Waals surface area contributed by atoms with Gasteiger partial charge >= 0.3 is 5.97 Å². The van der Waals surface area contributed by atoms with E-state index < -0.39 is 47.9 Å². The van der Waals surface area contributed by atoms with Crippen molar-refractivity contribution in [3.63, 3.8) is 0 Å². The highest BCUT2D eigenvalue weighted by atomic mass is 32.1. The Labute approximate surface area is 185 Å². The van der Waals surface area contributed by atoms with Crippen molar-refractivity contribution < 1.29 is 24.3 Å². The number of rotatable bonds is 14. The van der Waals surface area contributed by atoms with Crippen molar-refractivity contribution in [3.8, 4) is 0 Å². The molecule has 0 aliphatic rings. The molecule has 13 heteroatoms. The molecule has 174 valence electrons. The summed E-state index contributed by atoms with van der Waals surface area (Å²) in [6.07, 6.45) is 4.46. The van der Waals surface area contributed by atoms with Crippen LogP contribution in [0.15, 0.2) is 12.5 Å². The fourth-order valence-corrected chi connectivity index (χ4v) is 2.87. The molecule has 1 aromatic heterocycles. The van der Waals surface area contributed by atoms with Crippen LogP contribution in [-0.4, -0.2) is 75.2 Å². The van der Waals surface area contributed by atoms with E-state index in [0.29, 0.717) is 31.5 Å². The summed E-state index contributed by atoms with van der Waals surface area (Å²) in [6, 6.07) is -4.09. The molecule has 12 nitrogen and oxygen atoms in total. The molecule has 0 saturated carbocycles. The van der Waals surface area contributed by atoms with Crippen molar-refractivity contribution in [2.45, 2.75) is 56.8 Å². The Kier molecular flexibility index (Phi) is 11.6. The van der Waals surface area contributed by atoms with Crippen LogP contribution in [0.1, 0.15) is 31.9 Å². The van der Waals surface area contributed by atoms with Crippen molar-refractivity contribution >= 4 is 36.3 Å². The van der Waals surface area contributed by atoms with Crippen molar-refractivity contribution in [2.75, 3.05) is 12.3 Å². The number of unbranched alkanes of at least 4 members (excludes halogenated alkanes) is 1. The van der Waals surface area contributed by atoms with E-state index >= 15 is 0 Å². The maximum absolute atomic E-state index is 12.9. The number of nitrogens with zero attached hydrogens (tertiary/aromatic N) is 1. The van der Waals surface area contributed by atoms with Crippen molar-refractivity contribution in [1.82, 2.24) is 25.9 Å². The van der Waals surface area contributed by atoms with Gasteiger partial charge in [-0.3, -0.25) is 14.4 Å². The Hall–Kier alpha value is -2.64. The summed E-state index contributed by atoms with van der Waals surface area (Å²) >= 11 is 3.93. The molecule has 0 fully saturated rings. The summed E-state index contributed by atoms with van der Waals surface area (Å²) in [6.45, 7) is 1.92. The zero-order chi connectivity index (χ0) is 23.4. The monoisotopic (exact) mass is 457 g/mol. The summed E-state index contributed by atoms with van der Waals surface area (Å²) in [7, 11) is 0. The molecule has 0 aromatic carbocycles. The van der Waals surface area contributed by atoms with Gasteiger partial charge in [0.05, 0.1) is 12.4 Å². The highest BCUT2D eigenvalue weighted by Crippen LogP contribution is 2.05. The van der Waals surface area contributed by atoms with E-state index in [9.17, 15) is 19.2 Å². The highest BCUT2D eigenvalue weighted by Gasteiger charge is 2.29. The fraction of sp³-hybridized carbons (Fsp3) is 0.611. The van der Waals surface area contributed by atoms with Gasteiger partial charge in [0.2, 0.25) is 17.7 Å². The lowest BCUT2D eigenvalue weighted by atomic mass is 10.1. The summed E-state index contributed by atoms with van der Waals surface area (Å²) in [4.78, 5) is 55.6. The van der Waals surface area contributed by atoms with E-state index in [-0.39, 0.29) is 12.2 Å². The zero-order valence-corrected chi connectivity index (χ0v) is 18.2. The Balaban J connectivity index is 2.98. The Morgan fingerprint density at radius 1 is 1.10 bits per heavy atom. The molecule has 3 amide bonds. The molecule has 4 unspecified atom stereocenters. The van der Waals surface area contributed by atoms with Crippen LogP contribution in [-0.2, 0) is 25.6 Å². The number of H-pyrrole nitrogens is 1. The second-order valence-corrected chi connectivity index (χ2v) is 7.42. The largest absolute Gasteiger partial charge is 0.480 e. The summed E-state index contributed by atoms with van der Waals surface area (Å²) in [5.41, 5.74) is 11.6. The topological polar surface area (TPSA) is 205 Å². The van der Waals surface area contributed by atoms with Crippen LogP contribution in [0.25, 0.3) is 0 Å². The number of aliphatic carboxylic acids is 1. The number of carboxylic acids is 1. The van der Waals surface area contributed by atoms with Crippen LogP contribution in [0.2, 0.25) is 0 Å². The van der Waals surface area contributed by atoms with Gasteiger partial charge in [0.1, 0.15) is 18.1 Å². The number of aromatic nitrogens is 2. The third-order valence-electron chi connectivity index (χ3n) is 4.40. The molecule has 9 N–H and O–H groups in total. The standard InChI is InChI=1S/C18H31N7O5S/c1-10(20)15(26)23-12(4-2-3-5-19)16(27)24-13(6-11-7-21-9-22-11)17(28)25-14(8-31)18(29)30/h7,9-10,12-14,31H,2-6,8,19-20H2,1H3,(H,21,22)(H,23,26)(H,24,27)(H,25,28)(H,29,30). The molecule has 0 radical (unpaired) electrons. The fourth-order valence-electron chi connectivity index (χ4n) is 2.62. The molecule has 1 heterocycles. The molecule has 31 heavy (non-hydrogen) atoms. The number of nitrogens with two attached hydrogens (primary N) is 2. The molecule has 1 rings (SSSR count). The lowest BCUT2D eigenvalue weighted by Crippen LogP contribution is -2.57. The van der Waals surface area contributed by atoms with Crippen molar-refractivity contribution in [3.05, 3.63) is 18.2 Å². The zero-order valence-electron chi connectivity index (χ0n) is 17.3. The van der Waals surface area contributed by atoms with E-state index in [2.05, 4.69) is 38.5 Å². The highest BCUT2D eigenvalue weighted by molar-refractivity contribution is 7.80. The van der Waals surface area contributed by atoms with Gasteiger partial charge in [-0.05, 0) is 32.7 Å². The van der Waals surface area contributed by atoms with E-state index in [0.717, 1.165) is 0 Å². The summed E-state index contributed by atoms with van der Waals surface area (Å²) < 4.78 is 0. The average Bonchev–Trinajstić information content (AvgIpc) is 3.23. The molecule has 0 bridgehead atoms. The summed E-state index contributed by atoms with van der Waals surface area (Å²) in [5, 5.41) is 16.7. The van der Waals surface area contributed by atoms with Crippen LogP contribution in [0.4, 0.5) is 0 Å². The molecule has 0 spiro atoms. The molecular weight excluding hydrogens is 426 g/mol. The molecule has 1 aromatic rings. The molecule has 0 aliphatic carbocycles. The third-order valence-corrected chi connectivity index (χ3v) is 4.77. The second kappa shape index (κ2) is 13.6. The lowest BCUT2D eigenvalue weighted by molar-refractivity contribution is -0.141. The lowest BCUT2D eigenvalue weighted by Gasteiger charge is -2.24. The Morgan fingerprint density at radius 2 is 1.71 bits per heavy atom. The minimum Gasteiger partial charge on any atom is -0.480 e. The minimum atomic E-state index is -1.25. The molecule has 0 saturated heterocycles. The maximum atomic E-state index is 12.9. The van der Waals surface area contributed by atoms with E-state index in [1.54, 1.807) is 0 Å². The van der Waals surface area contributed by atoms with Gasteiger partial charge in [-0.15, -0.1) is 0 Å². The molecular formula is C18H31N7O5S. The number of carboxylic acid groups (broad SMARTS) is 1. The first kappa shape index (κ1) is 26.4.